The Morgan fingerprint density at radius 2 is 1.75 bits per heavy atom. The third-order valence-electron chi connectivity index (χ3n) is 7.05. The molecule has 2 N–H and O–H groups in total. The molecule has 0 bridgehead atoms. The summed E-state index contributed by atoms with van der Waals surface area (Å²) in [5.74, 6) is -0.762. The molecule has 0 saturated heterocycles. The maximum Gasteiger partial charge on any atom is 0.303 e. The minimum atomic E-state index is -0.762. The SMILES string of the molecule is C[C@]1(CCCCCC(=O)O)/C(=C/C=C/C=Nc2ccccc2)N(Cc2ccccc2)c2ccc(SOOO)cc21. The highest BCUT2D eigenvalue weighted by molar-refractivity contribution is 7.94. The second-order valence-electron chi connectivity index (χ2n) is 9.81. The number of unbranched alkanes of at least 4 members (excludes halogenated alkanes) is 2. The van der Waals surface area contributed by atoms with E-state index in [0.29, 0.717) is 13.0 Å². The second kappa shape index (κ2) is 14.6. The largest absolute Gasteiger partial charge is 0.481 e. The molecule has 1 atom stereocenters. The summed E-state index contributed by atoms with van der Waals surface area (Å²) in [6, 6.07) is 26.3. The quantitative estimate of drug-likeness (QED) is 0.0676. The van der Waals surface area contributed by atoms with Gasteiger partial charge in [-0.05, 0) is 73.4 Å². The molecule has 4 rings (SSSR count). The molecule has 0 spiro atoms. The summed E-state index contributed by atoms with van der Waals surface area (Å²) in [5.41, 5.74) is 5.13. The number of carboxylic acid groups (broad SMARTS) is 1. The predicted octanol–water partition coefficient (Wildman–Crippen LogP) is 8.27. The molecule has 40 heavy (non-hydrogen) atoms. The van der Waals surface area contributed by atoms with Crippen molar-refractivity contribution in [1.82, 2.24) is 0 Å². The van der Waals surface area contributed by atoms with Crippen LogP contribution < -0.4 is 4.90 Å². The maximum absolute atomic E-state index is 11.0. The number of carboxylic acids is 1. The van der Waals surface area contributed by atoms with E-state index in [-0.39, 0.29) is 11.8 Å². The second-order valence-corrected chi connectivity index (χ2v) is 10.6. The lowest BCUT2D eigenvalue weighted by molar-refractivity contribution is -0.432. The molecule has 1 aliphatic heterocycles. The molecule has 7 nitrogen and oxygen atoms in total. The van der Waals surface area contributed by atoms with Crippen molar-refractivity contribution in [2.75, 3.05) is 4.90 Å². The van der Waals surface area contributed by atoms with E-state index in [1.807, 2.05) is 66.7 Å². The van der Waals surface area contributed by atoms with Crippen LogP contribution in [0, 0.1) is 0 Å². The van der Waals surface area contributed by atoms with E-state index in [2.05, 4.69) is 52.2 Å². The average molecular weight is 559 g/mol. The first-order valence-corrected chi connectivity index (χ1v) is 14.0. The van der Waals surface area contributed by atoms with Crippen molar-refractivity contribution in [1.29, 1.82) is 0 Å². The first-order valence-electron chi connectivity index (χ1n) is 13.3. The normalized spacial score (nSPS) is 17.8. The van der Waals surface area contributed by atoms with Crippen LogP contribution in [-0.2, 0) is 26.1 Å². The fourth-order valence-corrected chi connectivity index (χ4v) is 5.51. The summed E-state index contributed by atoms with van der Waals surface area (Å²) in [5, 5.41) is 21.6. The van der Waals surface area contributed by atoms with Gasteiger partial charge in [0.15, 0.2) is 0 Å². The molecular formula is C32H34N2O5S. The number of aliphatic imine (C=N–C) groups is 1. The summed E-state index contributed by atoms with van der Waals surface area (Å²) in [6.45, 7) is 2.94. The van der Waals surface area contributed by atoms with Crippen LogP contribution in [0.25, 0.3) is 0 Å². The van der Waals surface area contributed by atoms with Gasteiger partial charge in [0.25, 0.3) is 0 Å². The smallest absolute Gasteiger partial charge is 0.303 e. The van der Waals surface area contributed by atoms with E-state index in [1.54, 1.807) is 6.21 Å². The zero-order valence-corrected chi connectivity index (χ0v) is 23.3. The summed E-state index contributed by atoms with van der Waals surface area (Å²) >= 11 is 0.944. The molecule has 0 aromatic heterocycles. The number of para-hydroxylation sites is 1. The minimum absolute atomic E-state index is 0.179. The highest BCUT2D eigenvalue weighted by atomic mass is 32.2. The zero-order valence-electron chi connectivity index (χ0n) is 22.5. The van der Waals surface area contributed by atoms with Crippen molar-refractivity contribution < 1.29 is 24.5 Å². The number of fused-ring (bicyclic) bond motifs is 1. The van der Waals surface area contributed by atoms with E-state index < -0.39 is 5.97 Å². The van der Waals surface area contributed by atoms with E-state index >= 15 is 0 Å². The number of rotatable bonds is 14. The van der Waals surface area contributed by atoms with Crippen LogP contribution in [0.4, 0.5) is 11.4 Å². The lowest BCUT2D eigenvalue weighted by Gasteiger charge is -2.30. The number of allylic oxidation sites excluding steroid dienone is 4. The van der Waals surface area contributed by atoms with Crippen LogP contribution >= 0.6 is 12.0 Å². The number of aliphatic carboxylic acids is 1. The number of anilines is 1. The van der Waals surface area contributed by atoms with Crippen LogP contribution in [0.3, 0.4) is 0 Å². The van der Waals surface area contributed by atoms with Crippen molar-refractivity contribution in [3.05, 3.63) is 114 Å². The Labute approximate surface area is 239 Å². The van der Waals surface area contributed by atoms with Crippen molar-refractivity contribution in [2.24, 2.45) is 4.99 Å². The van der Waals surface area contributed by atoms with E-state index in [9.17, 15) is 4.79 Å². The molecule has 208 valence electrons. The van der Waals surface area contributed by atoms with Gasteiger partial charge in [0.1, 0.15) is 0 Å². The van der Waals surface area contributed by atoms with Crippen molar-refractivity contribution in [2.45, 2.75) is 55.9 Å². The average Bonchev–Trinajstić information content (AvgIpc) is 3.19. The first kappa shape index (κ1) is 29.3. The Balaban J connectivity index is 1.69. The number of hydrogen-bond acceptors (Lipinski definition) is 7. The molecule has 1 aliphatic rings. The third-order valence-corrected chi connectivity index (χ3v) is 7.63. The molecule has 0 amide bonds. The Morgan fingerprint density at radius 3 is 2.48 bits per heavy atom. The van der Waals surface area contributed by atoms with Gasteiger partial charge < -0.3 is 10.0 Å². The van der Waals surface area contributed by atoms with Gasteiger partial charge in [-0.1, -0.05) is 72.5 Å². The molecule has 8 heteroatoms. The van der Waals surface area contributed by atoms with Crippen molar-refractivity contribution in [3.8, 4) is 0 Å². The number of benzene rings is 3. The Bertz CT molecular complexity index is 1340. The Kier molecular flexibility index (Phi) is 10.7. The van der Waals surface area contributed by atoms with Gasteiger partial charge in [-0.25, -0.2) is 5.26 Å². The van der Waals surface area contributed by atoms with Gasteiger partial charge >= 0.3 is 5.97 Å². The van der Waals surface area contributed by atoms with E-state index in [0.717, 1.165) is 58.8 Å². The lowest BCUT2D eigenvalue weighted by Crippen LogP contribution is -2.28. The van der Waals surface area contributed by atoms with Crippen LogP contribution in [-0.4, -0.2) is 22.5 Å². The molecule has 0 radical (unpaired) electrons. The maximum atomic E-state index is 11.0. The van der Waals surface area contributed by atoms with E-state index in [4.69, 9.17) is 14.7 Å². The third kappa shape index (κ3) is 7.70. The molecular weight excluding hydrogens is 524 g/mol. The summed E-state index contributed by atoms with van der Waals surface area (Å²) in [4.78, 5) is 18.7. The summed E-state index contributed by atoms with van der Waals surface area (Å²) < 4.78 is 4.72. The van der Waals surface area contributed by atoms with Gasteiger partial charge in [0.2, 0.25) is 0 Å². The predicted molar refractivity (Wildman–Crippen MR) is 160 cm³/mol. The molecule has 3 aromatic rings. The van der Waals surface area contributed by atoms with Crippen LogP contribution in [0.5, 0.6) is 0 Å². The van der Waals surface area contributed by atoms with Crippen LogP contribution in [0.1, 0.15) is 50.2 Å². The summed E-state index contributed by atoms with van der Waals surface area (Å²) in [6.07, 6.45) is 11.3. The molecule has 0 fully saturated rings. The van der Waals surface area contributed by atoms with Gasteiger partial charge in [0, 0.05) is 40.9 Å². The van der Waals surface area contributed by atoms with Crippen molar-refractivity contribution >= 4 is 35.6 Å². The minimum Gasteiger partial charge on any atom is -0.481 e. The van der Waals surface area contributed by atoms with Gasteiger partial charge in [-0.2, -0.15) is 0 Å². The first-order chi connectivity index (χ1) is 19.5. The number of carbonyl (C=O) groups is 1. The molecule has 0 aliphatic carbocycles. The van der Waals surface area contributed by atoms with Crippen LogP contribution in [0.15, 0.2) is 113 Å². The topological polar surface area (TPSA) is 91.6 Å². The monoisotopic (exact) mass is 558 g/mol. The molecule has 0 saturated carbocycles. The Morgan fingerprint density at radius 1 is 1.00 bits per heavy atom. The van der Waals surface area contributed by atoms with E-state index in [1.165, 1.54) is 5.56 Å². The van der Waals surface area contributed by atoms with Gasteiger partial charge in [-0.3, -0.25) is 9.79 Å². The molecule has 1 heterocycles. The lowest BCUT2D eigenvalue weighted by atomic mass is 9.77. The Hall–Kier alpha value is -3.69. The van der Waals surface area contributed by atoms with Gasteiger partial charge in [-0.15, -0.1) is 4.33 Å². The summed E-state index contributed by atoms with van der Waals surface area (Å²) in [7, 11) is 0. The van der Waals surface area contributed by atoms with Crippen LogP contribution in [0.2, 0.25) is 0 Å². The highest BCUT2D eigenvalue weighted by Crippen LogP contribution is 2.52. The standard InChI is InChI=1S/C32H34N2O5S/c1-32(21-11-4-9-18-31(35)36)28-23-27(40-39-38-37)19-20-29(28)34(24-25-13-5-2-6-14-25)30(32)17-10-12-22-33-26-15-7-3-8-16-26/h2-3,5-8,10,12-17,19-20,22-23,37H,4,9,11,18,21,24H2,1H3,(H,35,36)/b12-10+,30-17-,33-22?/t32-/m1/s1. The molecule has 0 unspecified atom stereocenters. The molecule has 3 aromatic carbocycles. The fourth-order valence-electron chi connectivity index (χ4n) is 5.11. The fraction of sp³-hybridized carbons (Fsp3) is 0.250. The number of nitrogens with zero attached hydrogens (tertiary/aromatic N) is 2. The zero-order chi connectivity index (χ0) is 28.2. The van der Waals surface area contributed by atoms with Gasteiger partial charge in [0.05, 0.1) is 17.7 Å². The highest BCUT2D eigenvalue weighted by Gasteiger charge is 2.43. The van der Waals surface area contributed by atoms with Crippen molar-refractivity contribution in [3.63, 3.8) is 0 Å². The number of hydrogen-bond donors (Lipinski definition) is 2.